The summed E-state index contributed by atoms with van der Waals surface area (Å²) in [4.78, 5) is 42.8. The molecule has 6 nitrogen and oxygen atoms in total. The van der Waals surface area contributed by atoms with Crippen LogP contribution in [0.2, 0.25) is 0 Å². The molecule has 3 aromatic rings. The molecule has 1 atom stereocenters. The maximum atomic E-state index is 12.9. The zero-order chi connectivity index (χ0) is 19.7. The second-order valence-electron chi connectivity index (χ2n) is 6.56. The Bertz CT molecular complexity index is 1130. The molecule has 1 aliphatic rings. The fourth-order valence-corrected chi connectivity index (χ4v) is 3.21. The van der Waals surface area contributed by atoms with Crippen LogP contribution in [0.15, 0.2) is 71.7 Å². The number of carbonyl (C=O) groups is 3. The molecule has 0 aromatic heterocycles. The summed E-state index contributed by atoms with van der Waals surface area (Å²) in [5.74, 6) is -2.48. The van der Waals surface area contributed by atoms with E-state index in [1.807, 2.05) is 55.5 Å². The molecule has 1 aliphatic heterocycles. The first-order chi connectivity index (χ1) is 13.5. The van der Waals surface area contributed by atoms with Crippen LogP contribution in [0.3, 0.4) is 0 Å². The highest BCUT2D eigenvalue weighted by Gasteiger charge is 2.40. The van der Waals surface area contributed by atoms with Crippen molar-refractivity contribution in [3.63, 3.8) is 0 Å². The number of imide groups is 2. The van der Waals surface area contributed by atoms with Crippen LogP contribution in [0, 0.1) is 12.8 Å². The first kappa shape index (κ1) is 17.6. The molecule has 1 heterocycles. The fraction of sp³-hybridized carbons (Fsp3) is 0.0909. The molecule has 3 aromatic carbocycles. The number of barbiturate groups is 1. The second-order valence-corrected chi connectivity index (χ2v) is 6.56. The topological polar surface area (TPSA) is 78.8 Å². The standard InChI is InChI=1S/C22H17N3O3/c1-14-6-4-9-16(12-14)25-21(27)18(20(26)24-22(25)28)13-23-19-11-5-8-15-7-2-3-10-17(15)19/h2-13,18H,1H3,(H,24,26,28)/t18-/m1/s1. The molecule has 6 heteroatoms. The lowest BCUT2D eigenvalue weighted by atomic mass is 10.0. The van der Waals surface area contributed by atoms with Gasteiger partial charge in [-0.05, 0) is 36.1 Å². The number of carbonyl (C=O) groups excluding carboxylic acids is 3. The van der Waals surface area contributed by atoms with Gasteiger partial charge in [0.2, 0.25) is 5.91 Å². The number of nitrogens with one attached hydrogen (secondary N) is 1. The number of aliphatic imine (C=N–C) groups is 1. The van der Waals surface area contributed by atoms with Crippen molar-refractivity contribution >= 4 is 46.2 Å². The lowest BCUT2D eigenvalue weighted by Gasteiger charge is -2.28. The average Bonchev–Trinajstić information content (AvgIpc) is 2.67. The Labute approximate surface area is 161 Å². The molecule has 0 radical (unpaired) electrons. The van der Waals surface area contributed by atoms with Gasteiger partial charge in [-0.25, -0.2) is 9.69 Å². The van der Waals surface area contributed by atoms with Crippen LogP contribution in [0.5, 0.6) is 0 Å². The van der Waals surface area contributed by atoms with Crippen LogP contribution in [0.1, 0.15) is 5.56 Å². The van der Waals surface area contributed by atoms with Crippen LogP contribution < -0.4 is 10.2 Å². The Balaban J connectivity index is 1.68. The number of fused-ring (bicyclic) bond motifs is 1. The van der Waals surface area contributed by atoms with Crippen molar-refractivity contribution in [1.82, 2.24) is 5.32 Å². The minimum absolute atomic E-state index is 0.415. The molecule has 1 fully saturated rings. The summed E-state index contributed by atoms with van der Waals surface area (Å²) in [5.41, 5.74) is 1.97. The van der Waals surface area contributed by atoms with E-state index in [1.54, 1.807) is 18.2 Å². The highest BCUT2D eigenvalue weighted by atomic mass is 16.2. The Kier molecular flexibility index (Phi) is 4.45. The van der Waals surface area contributed by atoms with Gasteiger partial charge in [-0.15, -0.1) is 0 Å². The van der Waals surface area contributed by atoms with E-state index >= 15 is 0 Å². The van der Waals surface area contributed by atoms with Crippen LogP contribution in [0.4, 0.5) is 16.2 Å². The SMILES string of the molecule is Cc1cccc(N2C(=O)NC(=O)[C@@H](C=Nc3cccc4ccccc34)C2=O)c1. The van der Waals surface area contributed by atoms with E-state index in [1.165, 1.54) is 6.21 Å². The van der Waals surface area contributed by atoms with E-state index in [-0.39, 0.29) is 0 Å². The van der Waals surface area contributed by atoms with E-state index in [0.717, 1.165) is 21.2 Å². The molecule has 138 valence electrons. The lowest BCUT2D eigenvalue weighted by Crippen LogP contribution is -2.58. The first-order valence-corrected chi connectivity index (χ1v) is 8.82. The third-order valence-electron chi connectivity index (χ3n) is 4.59. The smallest absolute Gasteiger partial charge is 0.276 e. The first-order valence-electron chi connectivity index (χ1n) is 8.82. The predicted molar refractivity (Wildman–Crippen MR) is 108 cm³/mol. The van der Waals surface area contributed by atoms with Crippen molar-refractivity contribution in [3.8, 4) is 0 Å². The number of benzene rings is 3. The van der Waals surface area contributed by atoms with E-state index in [0.29, 0.717) is 11.4 Å². The number of anilines is 1. The number of nitrogens with zero attached hydrogens (tertiary/aromatic N) is 2. The van der Waals surface area contributed by atoms with Crippen molar-refractivity contribution in [2.24, 2.45) is 10.9 Å². The molecule has 4 amide bonds. The van der Waals surface area contributed by atoms with Crippen LogP contribution in [-0.4, -0.2) is 24.1 Å². The van der Waals surface area contributed by atoms with Crippen molar-refractivity contribution < 1.29 is 14.4 Å². The van der Waals surface area contributed by atoms with Gasteiger partial charge in [0.25, 0.3) is 5.91 Å². The molecule has 0 saturated carbocycles. The van der Waals surface area contributed by atoms with Gasteiger partial charge in [0.05, 0.1) is 11.4 Å². The van der Waals surface area contributed by atoms with Crippen LogP contribution in [0.25, 0.3) is 10.8 Å². The maximum absolute atomic E-state index is 12.9. The van der Waals surface area contributed by atoms with Gasteiger partial charge < -0.3 is 0 Å². The molecule has 4 rings (SSSR count). The molecule has 1 saturated heterocycles. The summed E-state index contributed by atoms with van der Waals surface area (Å²) in [6.07, 6.45) is 1.30. The summed E-state index contributed by atoms with van der Waals surface area (Å²) < 4.78 is 0. The van der Waals surface area contributed by atoms with Crippen molar-refractivity contribution in [3.05, 3.63) is 72.3 Å². The Hall–Kier alpha value is -3.80. The second kappa shape index (κ2) is 7.08. The predicted octanol–water partition coefficient (Wildman–Crippen LogP) is 3.75. The van der Waals surface area contributed by atoms with Gasteiger partial charge >= 0.3 is 6.03 Å². The zero-order valence-corrected chi connectivity index (χ0v) is 15.1. The minimum atomic E-state index is -1.18. The number of amides is 4. The third kappa shape index (κ3) is 3.16. The molecule has 0 aliphatic carbocycles. The fourth-order valence-electron chi connectivity index (χ4n) is 3.21. The number of rotatable bonds is 3. The largest absolute Gasteiger partial charge is 0.335 e. The number of hydrogen-bond acceptors (Lipinski definition) is 4. The molecular formula is C22H17N3O3. The van der Waals surface area contributed by atoms with Gasteiger partial charge in [0.1, 0.15) is 0 Å². The lowest BCUT2D eigenvalue weighted by molar-refractivity contribution is -0.131. The minimum Gasteiger partial charge on any atom is -0.276 e. The zero-order valence-electron chi connectivity index (χ0n) is 15.1. The van der Waals surface area contributed by atoms with E-state index in [2.05, 4.69) is 10.3 Å². The van der Waals surface area contributed by atoms with Gasteiger partial charge in [0, 0.05) is 11.6 Å². The molecule has 0 bridgehead atoms. The Morgan fingerprint density at radius 2 is 1.71 bits per heavy atom. The van der Waals surface area contributed by atoms with Crippen molar-refractivity contribution in [2.75, 3.05) is 4.90 Å². The summed E-state index contributed by atoms with van der Waals surface area (Å²) in [5, 5.41) is 4.16. The van der Waals surface area contributed by atoms with E-state index in [9.17, 15) is 14.4 Å². The summed E-state index contributed by atoms with van der Waals surface area (Å²) in [7, 11) is 0. The number of urea groups is 1. The number of hydrogen-bond donors (Lipinski definition) is 1. The number of aryl methyl sites for hydroxylation is 1. The maximum Gasteiger partial charge on any atom is 0.335 e. The molecule has 1 N–H and O–H groups in total. The molecular weight excluding hydrogens is 354 g/mol. The van der Waals surface area contributed by atoms with E-state index < -0.39 is 23.8 Å². The van der Waals surface area contributed by atoms with Crippen LogP contribution >= 0.6 is 0 Å². The van der Waals surface area contributed by atoms with Gasteiger partial charge in [-0.1, -0.05) is 48.5 Å². The van der Waals surface area contributed by atoms with Gasteiger partial charge in [0.15, 0.2) is 5.92 Å². The van der Waals surface area contributed by atoms with E-state index in [4.69, 9.17) is 0 Å². The van der Waals surface area contributed by atoms with Gasteiger partial charge in [-0.2, -0.15) is 0 Å². The average molecular weight is 371 g/mol. The van der Waals surface area contributed by atoms with Gasteiger partial charge in [-0.3, -0.25) is 19.9 Å². The summed E-state index contributed by atoms with van der Waals surface area (Å²) >= 11 is 0. The highest BCUT2D eigenvalue weighted by Crippen LogP contribution is 2.26. The summed E-state index contributed by atoms with van der Waals surface area (Å²) in [6.45, 7) is 1.86. The third-order valence-corrected chi connectivity index (χ3v) is 4.59. The molecule has 0 spiro atoms. The van der Waals surface area contributed by atoms with Crippen molar-refractivity contribution in [1.29, 1.82) is 0 Å². The summed E-state index contributed by atoms with van der Waals surface area (Å²) in [6, 6.07) is 19.6. The monoisotopic (exact) mass is 371 g/mol. The molecule has 0 unspecified atom stereocenters. The van der Waals surface area contributed by atoms with Crippen LogP contribution in [-0.2, 0) is 9.59 Å². The van der Waals surface area contributed by atoms with Crippen molar-refractivity contribution in [2.45, 2.75) is 6.92 Å². The Morgan fingerprint density at radius 3 is 2.54 bits per heavy atom. The quantitative estimate of drug-likeness (QED) is 0.562. The normalized spacial score (nSPS) is 17.4. The highest BCUT2D eigenvalue weighted by molar-refractivity contribution is 6.32. The molecule has 28 heavy (non-hydrogen) atoms. The Morgan fingerprint density at radius 1 is 0.964 bits per heavy atom.